The molecule has 2 N–H and O–H groups in total. The van der Waals surface area contributed by atoms with E-state index in [9.17, 15) is 0 Å². The van der Waals surface area contributed by atoms with Crippen LogP contribution in [0.3, 0.4) is 0 Å². The zero-order valence-electron chi connectivity index (χ0n) is 10.5. The van der Waals surface area contributed by atoms with Gasteiger partial charge in [-0.15, -0.1) is 0 Å². The van der Waals surface area contributed by atoms with Crippen molar-refractivity contribution in [3.05, 3.63) is 0 Å². The standard InChI is InChI=1S/C10H22NO4PS/c1-3-4-5-6-7-8-9-10(14-2)11-15-16(12,13)17/h3-9H2,1-2H3,(H2,12,13,17)/b11-10-. The summed E-state index contributed by atoms with van der Waals surface area (Å²) in [6.07, 6.45) is 7.62. The number of ether oxygens (including phenoxy) is 1. The maximum absolute atomic E-state index is 8.83. The van der Waals surface area contributed by atoms with Crippen LogP contribution in [0.1, 0.15) is 51.9 Å². The molecule has 0 saturated heterocycles. The van der Waals surface area contributed by atoms with E-state index in [-0.39, 0.29) is 0 Å². The van der Waals surface area contributed by atoms with E-state index in [0.717, 1.165) is 12.8 Å². The molecule has 0 aliphatic carbocycles. The van der Waals surface area contributed by atoms with E-state index in [0.29, 0.717) is 12.3 Å². The van der Waals surface area contributed by atoms with Crippen molar-refractivity contribution in [1.82, 2.24) is 0 Å². The van der Waals surface area contributed by atoms with E-state index in [4.69, 9.17) is 14.5 Å². The molecule has 0 spiro atoms. The second kappa shape index (κ2) is 9.83. The van der Waals surface area contributed by atoms with E-state index in [2.05, 4.69) is 28.5 Å². The zero-order valence-corrected chi connectivity index (χ0v) is 12.2. The normalized spacial score (nSPS) is 12.6. The summed E-state index contributed by atoms with van der Waals surface area (Å²) >= 11 is 4.27. The fourth-order valence-electron chi connectivity index (χ4n) is 1.34. The van der Waals surface area contributed by atoms with E-state index in [1.807, 2.05) is 0 Å². The summed E-state index contributed by atoms with van der Waals surface area (Å²) in [6.45, 7) is -1.54. The van der Waals surface area contributed by atoms with Gasteiger partial charge in [-0.1, -0.05) is 39.0 Å². The SMILES string of the molecule is CCCCCCCC/C(=N/OP(O)(O)=S)OC. The lowest BCUT2D eigenvalue weighted by Gasteiger charge is -2.07. The van der Waals surface area contributed by atoms with Gasteiger partial charge >= 0.3 is 6.72 Å². The molecule has 0 fully saturated rings. The van der Waals surface area contributed by atoms with Gasteiger partial charge in [0.05, 0.1) is 7.11 Å². The van der Waals surface area contributed by atoms with Gasteiger partial charge < -0.3 is 19.1 Å². The van der Waals surface area contributed by atoms with Crippen LogP contribution in [0.4, 0.5) is 0 Å². The number of oxime groups is 1. The third kappa shape index (κ3) is 12.1. The topological polar surface area (TPSA) is 71.3 Å². The molecular weight excluding hydrogens is 261 g/mol. The molecule has 102 valence electrons. The molecule has 17 heavy (non-hydrogen) atoms. The maximum atomic E-state index is 8.83. The lowest BCUT2D eigenvalue weighted by Crippen LogP contribution is -2.02. The minimum atomic E-state index is -3.72. The fraction of sp³-hybridized carbons (Fsp3) is 0.900. The monoisotopic (exact) mass is 283 g/mol. The van der Waals surface area contributed by atoms with Crippen LogP contribution in [0, 0.1) is 0 Å². The predicted molar refractivity (Wildman–Crippen MR) is 72.2 cm³/mol. The molecule has 0 aromatic heterocycles. The molecule has 0 heterocycles. The third-order valence-corrected chi connectivity index (χ3v) is 2.72. The first-order chi connectivity index (χ1) is 7.99. The van der Waals surface area contributed by atoms with Gasteiger partial charge in [-0.3, -0.25) is 0 Å². The Balaban J connectivity index is 3.71. The van der Waals surface area contributed by atoms with Crippen LogP contribution in [0.2, 0.25) is 0 Å². The van der Waals surface area contributed by atoms with Gasteiger partial charge in [0.2, 0.25) is 5.90 Å². The molecule has 5 nitrogen and oxygen atoms in total. The van der Waals surface area contributed by atoms with Gasteiger partial charge in [0.15, 0.2) is 0 Å². The molecular formula is C10H22NO4PS. The Morgan fingerprint density at radius 2 is 1.76 bits per heavy atom. The first-order valence-corrected chi connectivity index (χ1v) is 8.47. The number of hydrogen-bond acceptors (Lipinski definition) is 4. The van der Waals surface area contributed by atoms with Crippen molar-refractivity contribution in [2.75, 3.05) is 7.11 Å². The molecule has 0 atom stereocenters. The van der Waals surface area contributed by atoms with E-state index >= 15 is 0 Å². The molecule has 0 aliphatic heterocycles. The highest BCUT2D eigenvalue weighted by atomic mass is 32.5. The summed E-state index contributed by atoms with van der Waals surface area (Å²) in [7, 11) is 1.47. The predicted octanol–water partition coefficient (Wildman–Crippen LogP) is 2.92. The highest BCUT2D eigenvalue weighted by Gasteiger charge is 2.09. The van der Waals surface area contributed by atoms with Crippen molar-refractivity contribution in [3.8, 4) is 0 Å². The van der Waals surface area contributed by atoms with Crippen molar-refractivity contribution in [2.24, 2.45) is 5.16 Å². The highest BCUT2D eigenvalue weighted by Crippen LogP contribution is 2.36. The molecule has 0 radical (unpaired) electrons. The van der Waals surface area contributed by atoms with Crippen LogP contribution in [0.25, 0.3) is 0 Å². The second-order valence-electron chi connectivity index (χ2n) is 3.78. The van der Waals surface area contributed by atoms with Crippen LogP contribution in [-0.4, -0.2) is 22.8 Å². The molecule has 0 aromatic rings. The van der Waals surface area contributed by atoms with Crippen LogP contribution in [0.5, 0.6) is 0 Å². The molecule has 0 aromatic carbocycles. The first-order valence-electron chi connectivity index (χ1n) is 5.84. The van der Waals surface area contributed by atoms with Crippen LogP contribution >= 0.6 is 6.72 Å². The minimum absolute atomic E-state index is 0.345. The summed E-state index contributed by atoms with van der Waals surface area (Å²) in [4.78, 5) is 17.7. The van der Waals surface area contributed by atoms with Crippen LogP contribution in [0.15, 0.2) is 5.16 Å². The van der Waals surface area contributed by atoms with Crippen molar-refractivity contribution >= 4 is 24.4 Å². The van der Waals surface area contributed by atoms with E-state index < -0.39 is 6.72 Å². The van der Waals surface area contributed by atoms with Crippen molar-refractivity contribution in [3.63, 3.8) is 0 Å². The molecule has 0 bridgehead atoms. The van der Waals surface area contributed by atoms with Gasteiger partial charge in [0.25, 0.3) is 0 Å². The average Bonchev–Trinajstić information content (AvgIpc) is 2.26. The molecule has 0 unspecified atom stereocenters. The summed E-state index contributed by atoms with van der Waals surface area (Å²) in [5.74, 6) is 0.345. The van der Waals surface area contributed by atoms with Gasteiger partial charge in [0.1, 0.15) is 0 Å². The molecule has 0 saturated carbocycles. The molecule has 0 aliphatic rings. The summed E-state index contributed by atoms with van der Waals surface area (Å²) in [5, 5.41) is 3.49. The summed E-state index contributed by atoms with van der Waals surface area (Å²) < 4.78 is 9.33. The third-order valence-electron chi connectivity index (χ3n) is 2.23. The first kappa shape index (κ1) is 16.8. The number of hydrogen-bond donors (Lipinski definition) is 2. The van der Waals surface area contributed by atoms with Gasteiger partial charge in [-0.2, -0.15) is 0 Å². The van der Waals surface area contributed by atoms with Gasteiger partial charge in [0, 0.05) is 18.2 Å². The summed E-state index contributed by atoms with van der Waals surface area (Å²) in [5.41, 5.74) is 0. The Labute approximate surface area is 108 Å². The molecule has 0 rings (SSSR count). The Morgan fingerprint density at radius 1 is 1.18 bits per heavy atom. The smallest absolute Gasteiger partial charge is 0.397 e. The lowest BCUT2D eigenvalue weighted by atomic mass is 10.1. The molecule has 0 amide bonds. The van der Waals surface area contributed by atoms with Crippen molar-refractivity contribution in [1.29, 1.82) is 0 Å². The van der Waals surface area contributed by atoms with Gasteiger partial charge in [-0.25, -0.2) is 0 Å². The van der Waals surface area contributed by atoms with Gasteiger partial charge in [-0.05, 0) is 11.6 Å². The van der Waals surface area contributed by atoms with Crippen LogP contribution < -0.4 is 0 Å². The number of methoxy groups -OCH3 is 1. The minimum Gasteiger partial charge on any atom is -0.482 e. The Morgan fingerprint density at radius 3 is 2.29 bits per heavy atom. The lowest BCUT2D eigenvalue weighted by molar-refractivity contribution is 0.246. The average molecular weight is 283 g/mol. The quantitative estimate of drug-likeness (QED) is 0.224. The van der Waals surface area contributed by atoms with Crippen LogP contribution in [-0.2, 0) is 21.2 Å². The Hall–Kier alpha value is -0.160. The van der Waals surface area contributed by atoms with Crippen molar-refractivity contribution < 1.29 is 19.1 Å². The Bertz CT molecular complexity index is 267. The summed E-state index contributed by atoms with van der Waals surface area (Å²) in [6, 6.07) is 0. The number of nitrogens with zero attached hydrogens (tertiary/aromatic N) is 1. The van der Waals surface area contributed by atoms with Crippen molar-refractivity contribution in [2.45, 2.75) is 51.9 Å². The molecule has 7 heteroatoms. The Kier molecular flexibility index (Phi) is 9.74. The number of rotatable bonds is 9. The second-order valence-corrected chi connectivity index (χ2v) is 6.35. The maximum Gasteiger partial charge on any atom is 0.397 e. The fourth-order valence-corrected chi connectivity index (χ4v) is 1.64. The number of unbranched alkanes of at least 4 members (excludes halogenated alkanes) is 5. The zero-order chi connectivity index (χ0) is 13.1. The van der Waals surface area contributed by atoms with E-state index in [1.165, 1.54) is 32.8 Å². The highest BCUT2D eigenvalue weighted by molar-refractivity contribution is 8.06. The van der Waals surface area contributed by atoms with E-state index in [1.54, 1.807) is 0 Å². The largest absolute Gasteiger partial charge is 0.482 e.